The molecule has 0 saturated carbocycles. The molecule has 1 fully saturated rings. The number of anilines is 1. The van der Waals surface area contributed by atoms with E-state index in [1.807, 2.05) is 65.6 Å². The Balaban J connectivity index is 2.01. The Labute approximate surface area is 139 Å². The highest BCUT2D eigenvalue weighted by molar-refractivity contribution is 8.14. The van der Waals surface area contributed by atoms with Crippen molar-refractivity contribution in [2.75, 3.05) is 17.8 Å². The SMILES string of the molecule is COC(=O)C=C1CSC(=Nc2ccccc2)N1c1ccccc1. The Bertz CT molecular complexity index is 742. The average molecular weight is 324 g/mol. The van der Waals surface area contributed by atoms with Crippen LogP contribution in [0.3, 0.4) is 0 Å². The first-order chi connectivity index (χ1) is 11.3. The summed E-state index contributed by atoms with van der Waals surface area (Å²) >= 11 is 1.60. The number of esters is 1. The van der Waals surface area contributed by atoms with Crippen LogP contribution in [0.5, 0.6) is 0 Å². The summed E-state index contributed by atoms with van der Waals surface area (Å²) in [5, 5.41) is 0.845. The molecular formula is C18H16N2O2S. The minimum Gasteiger partial charge on any atom is -0.466 e. The lowest BCUT2D eigenvalue weighted by Gasteiger charge is -2.19. The van der Waals surface area contributed by atoms with E-state index in [0.717, 1.165) is 22.2 Å². The number of hydrogen-bond donors (Lipinski definition) is 0. The smallest absolute Gasteiger partial charge is 0.332 e. The molecule has 0 spiro atoms. The van der Waals surface area contributed by atoms with Crippen molar-refractivity contribution in [2.24, 2.45) is 4.99 Å². The van der Waals surface area contributed by atoms with Gasteiger partial charge in [-0.15, -0.1) is 0 Å². The summed E-state index contributed by atoms with van der Waals surface area (Å²) in [7, 11) is 1.38. The maximum atomic E-state index is 11.6. The fourth-order valence-corrected chi connectivity index (χ4v) is 3.25. The fourth-order valence-electron chi connectivity index (χ4n) is 2.24. The second-order valence-corrected chi connectivity index (χ2v) is 5.79. The van der Waals surface area contributed by atoms with E-state index >= 15 is 0 Å². The van der Waals surface area contributed by atoms with Gasteiger partial charge >= 0.3 is 5.97 Å². The number of nitrogens with zero attached hydrogens (tertiary/aromatic N) is 2. The summed E-state index contributed by atoms with van der Waals surface area (Å²) in [5.74, 6) is 0.317. The largest absolute Gasteiger partial charge is 0.466 e. The zero-order valence-electron chi connectivity index (χ0n) is 12.7. The molecule has 0 aliphatic carbocycles. The summed E-state index contributed by atoms with van der Waals surface area (Å²) in [6.07, 6.45) is 1.52. The van der Waals surface area contributed by atoms with Crippen molar-refractivity contribution < 1.29 is 9.53 Å². The van der Waals surface area contributed by atoms with Gasteiger partial charge < -0.3 is 4.74 Å². The maximum Gasteiger partial charge on any atom is 0.332 e. The molecule has 0 aromatic heterocycles. The number of hydrogen-bond acceptors (Lipinski definition) is 4. The molecule has 0 unspecified atom stereocenters. The van der Waals surface area contributed by atoms with Crippen LogP contribution < -0.4 is 4.90 Å². The topological polar surface area (TPSA) is 41.9 Å². The lowest BCUT2D eigenvalue weighted by Crippen LogP contribution is -2.22. The number of aliphatic imine (C=N–C) groups is 1. The molecule has 4 nitrogen and oxygen atoms in total. The predicted octanol–water partition coefficient (Wildman–Crippen LogP) is 3.98. The molecule has 116 valence electrons. The number of thioether (sulfide) groups is 1. The monoisotopic (exact) mass is 324 g/mol. The third-order valence-electron chi connectivity index (χ3n) is 3.31. The third kappa shape index (κ3) is 3.63. The summed E-state index contributed by atoms with van der Waals surface area (Å²) < 4.78 is 4.76. The van der Waals surface area contributed by atoms with Crippen LogP contribution in [0.15, 0.2) is 77.4 Å². The molecule has 5 heteroatoms. The van der Waals surface area contributed by atoms with E-state index in [-0.39, 0.29) is 5.97 Å². The van der Waals surface area contributed by atoms with Crippen molar-refractivity contribution in [3.8, 4) is 0 Å². The van der Waals surface area contributed by atoms with Gasteiger partial charge in [0.25, 0.3) is 0 Å². The highest BCUT2D eigenvalue weighted by Crippen LogP contribution is 2.34. The molecule has 0 N–H and O–H groups in total. The van der Waals surface area contributed by atoms with E-state index in [1.165, 1.54) is 13.2 Å². The molecule has 0 amide bonds. The number of methoxy groups -OCH3 is 1. The van der Waals surface area contributed by atoms with Crippen LogP contribution >= 0.6 is 11.8 Å². The van der Waals surface area contributed by atoms with Crippen molar-refractivity contribution in [3.63, 3.8) is 0 Å². The highest BCUT2D eigenvalue weighted by atomic mass is 32.2. The molecule has 0 bridgehead atoms. The first-order valence-electron chi connectivity index (χ1n) is 7.18. The second kappa shape index (κ2) is 7.15. The normalized spacial score (nSPS) is 17.7. The number of carbonyl (C=O) groups is 1. The van der Waals surface area contributed by atoms with Crippen molar-refractivity contribution >= 4 is 34.3 Å². The van der Waals surface area contributed by atoms with Crippen molar-refractivity contribution in [1.82, 2.24) is 0 Å². The lowest BCUT2D eigenvalue weighted by molar-refractivity contribution is -0.134. The number of rotatable bonds is 3. The van der Waals surface area contributed by atoms with Crippen molar-refractivity contribution in [3.05, 3.63) is 72.4 Å². The van der Waals surface area contributed by atoms with Gasteiger partial charge in [-0.25, -0.2) is 9.79 Å². The molecule has 2 aromatic carbocycles. The number of para-hydroxylation sites is 2. The van der Waals surface area contributed by atoms with Crippen LogP contribution in [-0.4, -0.2) is 24.0 Å². The van der Waals surface area contributed by atoms with E-state index in [0.29, 0.717) is 5.75 Å². The van der Waals surface area contributed by atoms with Gasteiger partial charge in [0, 0.05) is 23.2 Å². The molecule has 23 heavy (non-hydrogen) atoms. The van der Waals surface area contributed by atoms with Gasteiger partial charge in [-0.2, -0.15) is 0 Å². The number of ether oxygens (including phenoxy) is 1. The molecule has 0 radical (unpaired) electrons. The first-order valence-corrected chi connectivity index (χ1v) is 8.17. The standard InChI is InChI=1S/C18H16N2O2S/c1-22-17(21)12-16-13-23-18(19-14-8-4-2-5-9-14)20(16)15-10-6-3-7-11-15/h2-12H,13H2,1H3. The Morgan fingerprint density at radius 1 is 1.13 bits per heavy atom. The molecule has 1 aliphatic heterocycles. The van der Waals surface area contributed by atoms with E-state index in [2.05, 4.69) is 0 Å². The molecule has 3 rings (SSSR count). The van der Waals surface area contributed by atoms with Crippen LogP contribution in [0.1, 0.15) is 0 Å². The van der Waals surface area contributed by atoms with Crippen LogP contribution in [0.4, 0.5) is 11.4 Å². The zero-order valence-corrected chi connectivity index (χ0v) is 13.5. The first kappa shape index (κ1) is 15.4. The molecule has 1 saturated heterocycles. The third-order valence-corrected chi connectivity index (χ3v) is 4.28. The van der Waals surface area contributed by atoms with Crippen LogP contribution in [-0.2, 0) is 9.53 Å². The predicted molar refractivity (Wildman–Crippen MR) is 95.0 cm³/mol. The quantitative estimate of drug-likeness (QED) is 0.632. The van der Waals surface area contributed by atoms with Crippen LogP contribution in [0.25, 0.3) is 0 Å². The average Bonchev–Trinajstić information content (AvgIpc) is 2.98. The van der Waals surface area contributed by atoms with Gasteiger partial charge in [-0.3, -0.25) is 4.90 Å². The Kier molecular flexibility index (Phi) is 4.78. The minimum absolute atomic E-state index is 0.359. The zero-order chi connectivity index (χ0) is 16.1. The highest BCUT2D eigenvalue weighted by Gasteiger charge is 2.27. The van der Waals surface area contributed by atoms with E-state index in [4.69, 9.17) is 9.73 Å². The Morgan fingerprint density at radius 3 is 2.43 bits per heavy atom. The minimum atomic E-state index is -0.359. The van der Waals surface area contributed by atoms with Gasteiger partial charge in [0.2, 0.25) is 0 Å². The molecule has 2 aromatic rings. The second-order valence-electron chi connectivity index (χ2n) is 4.85. The summed E-state index contributed by atoms with van der Waals surface area (Å²) in [5.41, 5.74) is 2.72. The Hall–Kier alpha value is -2.53. The van der Waals surface area contributed by atoms with Crippen molar-refractivity contribution in [1.29, 1.82) is 0 Å². The maximum absolute atomic E-state index is 11.6. The number of carbonyl (C=O) groups excluding carboxylic acids is 1. The summed E-state index contributed by atoms with van der Waals surface area (Å²) in [6, 6.07) is 19.7. The van der Waals surface area contributed by atoms with Crippen molar-refractivity contribution in [2.45, 2.75) is 0 Å². The van der Waals surface area contributed by atoms with Gasteiger partial charge in [0.15, 0.2) is 5.17 Å². The Morgan fingerprint density at radius 2 is 1.78 bits per heavy atom. The van der Waals surface area contributed by atoms with Gasteiger partial charge in [0.05, 0.1) is 12.8 Å². The van der Waals surface area contributed by atoms with Crippen LogP contribution in [0, 0.1) is 0 Å². The molecule has 1 heterocycles. The van der Waals surface area contributed by atoms with Gasteiger partial charge in [-0.05, 0) is 24.3 Å². The van der Waals surface area contributed by atoms with E-state index in [9.17, 15) is 4.79 Å². The van der Waals surface area contributed by atoms with Crippen LogP contribution in [0.2, 0.25) is 0 Å². The van der Waals surface area contributed by atoms with Gasteiger partial charge in [0.1, 0.15) is 0 Å². The number of amidine groups is 1. The fraction of sp³-hybridized carbons (Fsp3) is 0.111. The summed E-state index contributed by atoms with van der Waals surface area (Å²) in [4.78, 5) is 18.3. The molecule has 1 aliphatic rings. The molecular weight excluding hydrogens is 308 g/mol. The van der Waals surface area contributed by atoms with Gasteiger partial charge in [-0.1, -0.05) is 48.2 Å². The summed E-state index contributed by atoms with van der Waals surface area (Å²) in [6.45, 7) is 0. The van der Waals surface area contributed by atoms with E-state index in [1.54, 1.807) is 11.8 Å². The van der Waals surface area contributed by atoms with E-state index < -0.39 is 0 Å². The lowest BCUT2D eigenvalue weighted by atomic mass is 10.2. The molecule has 0 atom stereocenters. The number of benzene rings is 2.